The maximum absolute atomic E-state index is 3.68. The molecule has 16 radical (unpaired) electrons. The van der Waals surface area contributed by atoms with Crippen LogP contribution in [0.1, 0.15) is 217 Å². The first-order valence-corrected chi connectivity index (χ1v) is 38.9. The summed E-state index contributed by atoms with van der Waals surface area (Å²) in [5.41, 5.74) is 0. The molecular weight excluding hydrogens is 1190 g/mol. The lowest BCUT2D eigenvalue weighted by atomic mass is 9.84. The van der Waals surface area contributed by atoms with Crippen LogP contribution in [0.5, 0.6) is 0 Å². The van der Waals surface area contributed by atoms with Crippen LogP contribution in [0.4, 0.5) is 0 Å². The van der Waals surface area contributed by atoms with Gasteiger partial charge in [-0.3, -0.25) is 0 Å². The Morgan fingerprint density at radius 2 is 0.582 bits per heavy atom. The molecule has 0 aliphatic rings. The second-order valence-electron chi connectivity index (χ2n) is 20.7. The minimum absolute atomic E-state index is 0.845. The fourth-order valence-corrected chi connectivity index (χ4v) is 6.72. The lowest BCUT2D eigenvalue weighted by molar-refractivity contribution is 0.468. The summed E-state index contributed by atoms with van der Waals surface area (Å²) in [6.07, 6.45) is 16.3. The van der Waals surface area contributed by atoms with E-state index >= 15 is 0 Å². The molecule has 0 fully saturated rings. The fraction of sp³-hybridized carbons (Fsp3) is 0.939. The molecule has 0 bridgehead atoms. The van der Waals surface area contributed by atoms with Crippen LogP contribution in [-0.2, 0) is 0 Å². The molecule has 0 aliphatic heterocycles. The molecule has 0 saturated heterocycles. The first kappa shape index (κ1) is 131. The van der Waals surface area contributed by atoms with Gasteiger partial charge in [-0.1, -0.05) is 245 Å². The number of nitrogens with one attached hydrogen (secondary N) is 2. The van der Waals surface area contributed by atoms with Gasteiger partial charge in [0.25, 0.3) is 52.8 Å². The molecular formula is C66H172B16N16. The van der Waals surface area contributed by atoms with Crippen molar-refractivity contribution in [1.29, 1.82) is 0 Å². The van der Waals surface area contributed by atoms with Gasteiger partial charge in [0.2, 0.25) is 0 Å². The first-order valence-electron chi connectivity index (χ1n) is 38.9. The molecule has 0 unspecified atom stereocenters. The van der Waals surface area contributed by atoms with E-state index in [9.17, 15) is 0 Å². The molecule has 0 rings (SSSR count). The van der Waals surface area contributed by atoms with Gasteiger partial charge in [0.1, 0.15) is 0 Å². The smallest absolute Gasteiger partial charge is 0.300 e. The van der Waals surface area contributed by atoms with E-state index < -0.39 is 0 Å². The Labute approximate surface area is 638 Å². The summed E-state index contributed by atoms with van der Waals surface area (Å²) >= 11 is 0. The molecule has 0 aromatic heterocycles. The van der Waals surface area contributed by atoms with Crippen molar-refractivity contribution in [3.63, 3.8) is 0 Å². The number of nitrogens with zero attached hydrogens (tertiary/aromatic N) is 14. The van der Waals surface area contributed by atoms with Crippen molar-refractivity contribution >= 4 is 120 Å². The molecule has 0 aliphatic carbocycles. The Bertz CT molecular complexity index is 1210. The third-order valence-electron chi connectivity index (χ3n) is 12.0. The van der Waals surface area contributed by atoms with Gasteiger partial charge in [0.15, 0.2) is 59.3 Å². The van der Waals surface area contributed by atoms with E-state index in [4.69, 9.17) is 0 Å². The van der Waals surface area contributed by atoms with Crippen LogP contribution < -0.4 is 10.4 Å². The molecule has 0 aromatic carbocycles. The molecule has 16 nitrogen and oxygen atoms in total. The Morgan fingerprint density at radius 3 is 0.806 bits per heavy atom. The van der Waals surface area contributed by atoms with Crippen LogP contribution in [0.3, 0.4) is 0 Å². The van der Waals surface area contributed by atoms with Crippen molar-refractivity contribution in [2.75, 3.05) is 149 Å². The van der Waals surface area contributed by atoms with E-state index in [1.54, 1.807) is 7.55 Å². The van der Waals surface area contributed by atoms with Crippen LogP contribution in [0.15, 0.2) is 25.3 Å². The molecule has 0 amide bonds. The molecule has 0 atom stereocenters. The predicted molar refractivity (Wildman–Crippen MR) is 480 cm³/mol. The molecule has 0 heterocycles. The second kappa shape index (κ2) is 127. The van der Waals surface area contributed by atoms with Crippen molar-refractivity contribution in [2.24, 2.45) is 0 Å². The second-order valence-corrected chi connectivity index (χ2v) is 20.7. The van der Waals surface area contributed by atoms with Gasteiger partial charge >= 0.3 is 7.55 Å². The Balaban J connectivity index is -0.0000000674. The number of rotatable bonds is 48. The normalized spacial score (nSPS) is 9.53. The number of hydrogen-bond acceptors (Lipinski definition) is 16. The van der Waals surface area contributed by atoms with E-state index in [0.717, 1.165) is 78.5 Å². The number of hydrogen-bond donors (Lipinski definition) is 2. The van der Waals surface area contributed by atoms with Crippen LogP contribution in [-0.4, -0.2) is 335 Å². The number of unbranched alkanes of at least 4 members (excludes halogenated alkanes) is 4. The SMILES string of the molecule is C=CCN(C)[B]N([B]C)CC=C.CC.CC.CC.CC.CC.CC.C[B]N(C)[B]N(C)C.C[B]N([B]N(C)CC)CC.C[B]N([B]N(C)CCC)CCC.C[B]N([B]N(C)CCCC)CC.C[B]N([B]N(C)CCCC)CC.C[B]N([B]N(C)CCCC)CCCC.C[B]N[B]NC. The van der Waals surface area contributed by atoms with Gasteiger partial charge < -0.3 is 77.1 Å². The molecule has 32 heteroatoms. The minimum atomic E-state index is 0.845. The summed E-state index contributed by atoms with van der Waals surface area (Å²) in [5.74, 6) is 0. The molecule has 98 heavy (non-hydrogen) atoms. The first-order chi connectivity index (χ1) is 47.0. The summed E-state index contributed by atoms with van der Waals surface area (Å²) < 4.78 is 15.1. The van der Waals surface area contributed by atoms with E-state index in [1.165, 1.54) is 64.2 Å². The summed E-state index contributed by atoms with van der Waals surface area (Å²) in [5, 5.41) is 5.64. The maximum atomic E-state index is 3.68. The van der Waals surface area contributed by atoms with Crippen molar-refractivity contribution in [2.45, 2.75) is 271 Å². The Kier molecular flexibility index (Phi) is 169. The van der Waals surface area contributed by atoms with Gasteiger partial charge in [-0.2, -0.15) is 0 Å². The van der Waals surface area contributed by atoms with Crippen molar-refractivity contribution in [1.82, 2.24) is 77.1 Å². The average Bonchev–Trinajstić information content (AvgIpc) is 3.85. The minimum Gasteiger partial charge on any atom is -0.393 e. The van der Waals surface area contributed by atoms with Crippen LogP contribution in [0.2, 0.25) is 54.6 Å². The molecule has 0 aromatic rings. The quantitative estimate of drug-likeness (QED) is 0.0345. The third-order valence-corrected chi connectivity index (χ3v) is 12.0. The highest BCUT2D eigenvalue weighted by Gasteiger charge is 2.12. The summed E-state index contributed by atoms with van der Waals surface area (Å²) in [7, 11) is 53.5. The fourth-order valence-electron chi connectivity index (χ4n) is 6.72. The van der Waals surface area contributed by atoms with Gasteiger partial charge in [-0.05, 0) is 181 Å². The summed E-state index contributed by atoms with van der Waals surface area (Å²) in [4.78, 5) is 15.2. The van der Waals surface area contributed by atoms with Gasteiger partial charge in [0.05, 0.1) is 0 Å². The highest BCUT2D eigenvalue weighted by atomic mass is 15.2. The van der Waals surface area contributed by atoms with Gasteiger partial charge in [-0.15, -0.1) is 13.2 Å². The molecule has 0 saturated carbocycles. The third kappa shape index (κ3) is 132. The van der Waals surface area contributed by atoms with E-state index in [2.05, 4.69) is 287 Å². The summed E-state index contributed by atoms with van der Waals surface area (Å²) in [6, 6.07) is 0. The number of likely N-dealkylation sites (N-methyl/N-ethyl adjacent to an activating group) is 1. The standard InChI is InChI=1S/C10H24B2N2.3C8H20B2N2.C8H16B2N2.C6H16B2N2.C4H12B2N2.C2H8B2N2.6C2H6/c1-5-7-9-13(4)12-14(11-3)10-8-6-2;2*1-5-7-8-11(4)10-12(6-2)9-3;2*1-5-7-11(4)10-12(9-3)8-6-2;1-5-9(4)8-10(6-2)7-3;1-5-8(4)6-7(2)3;1-3-6-4-5-2;6*1-2/h5-10H2,1-4H3;3*5-8H2,1-4H3;5-6H,1-2,7-8H2,3-4H3;5-6H2,1-4H3;1-4H3;5-6H,1-2H3;6*1-2H3. The topological polar surface area (TPSA) is 69.4 Å². The van der Waals surface area contributed by atoms with Crippen molar-refractivity contribution in [3.05, 3.63) is 25.3 Å². The molecule has 564 valence electrons. The van der Waals surface area contributed by atoms with Gasteiger partial charge in [0, 0.05) is 6.54 Å². The highest BCUT2D eigenvalue weighted by molar-refractivity contribution is 6.51. The van der Waals surface area contributed by atoms with E-state index in [1.807, 2.05) is 205 Å². The zero-order chi connectivity index (χ0) is 79.8. The molecule has 2 N–H and O–H groups in total. The van der Waals surface area contributed by atoms with Crippen molar-refractivity contribution < 1.29 is 0 Å². The zero-order valence-corrected chi connectivity index (χ0v) is 74.6. The van der Waals surface area contributed by atoms with Crippen LogP contribution in [0, 0.1) is 0 Å². The van der Waals surface area contributed by atoms with Crippen LogP contribution in [0.25, 0.3) is 0 Å². The zero-order valence-electron chi connectivity index (χ0n) is 74.6. The predicted octanol–water partition coefficient (Wildman–Crippen LogP) is 11.8. The monoisotopic (exact) mass is 1370 g/mol. The maximum Gasteiger partial charge on any atom is 0.300 e. The Hall–Kier alpha value is -0.121. The lowest BCUT2D eigenvalue weighted by Crippen LogP contribution is -2.41. The lowest BCUT2D eigenvalue weighted by Gasteiger charge is -2.24. The van der Waals surface area contributed by atoms with Crippen LogP contribution >= 0.6 is 0 Å². The Morgan fingerprint density at radius 1 is 0.296 bits per heavy atom. The molecule has 0 spiro atoms. The summed E-state index contributed by atoms with van der Waals surface area (Å²) in [6.45, 7) is 82.3. The largest absolute Gasteiger partial charge is 0.393 e. The van der Waals surface area contributed by atoms with Crippen molar-refractivity contribution in [3.8, 4) is 0 Å². The highest BCUT2D eigenvalue weighted by Crippen LogP contribution is 1.97. The van der Waals surface area contributed by atoms with E-state index in [0.29, 0.717) is 0 Å². The van der Waals surface area contributed by atoms with Gasteiger partial charge in [-0.25, -0.2) is 0 Å². The average molecular weight is 1360 g/mol. The van der Waals surface area contributed by atoms with E-state index in [-0.39, 0.29) is 0 Å².